The number of ketones is 1. The largest absolute Gasteiger partial charge is 0.425 e. The van der Waals surface area contributed by atoms with Crippen molar-refractivity contribution in [3.05, 3.63) is 29.8 Å². The minimum atomic E-state index is -0.944. The average molecular weight is 332 g/mol. The molecule has 0 atom stereocenters. The predicted molar refractivity (Wildman–Crippen MR) is 85.6 cm³/mol. The van der Waals surface area contributed by atoms with Gasteiger partial charge in [0.25, 0.3) is 5.91 Å². The number of carbonyl (C=O) groups is 4. The number of urea groups is 1. The molecule has 0 aliphatic carbocycles. The molecule has 1 fully saturated rings. The second kappa shape index (κ2) is 6.82. The van der Waals surface area contributed by atoms with Crippen LogP contribution in [0.4, 0.5) is 4.79 Å². The van der Waals surface area contributed by atoms with Gasteiger partial charge in [0.15, 0.2) is 5.78 Å². The van der Waals surface area contributed by atoms with Gasteiger partial charge in [-0.2, -0.15) is 0 Å². The van der Waals surface area contributed by atoms with Crippen LogP contribution in [0.1, 0.15) is 44.0 Å². The van der Waals surface area contributed by atoms with E-state index in [-0.39, 0.29) is 11.5 Å². The van der Waals surface area contributed by atoms with E-state index in [0.717, 1.165) is 4.90 Å². The van der Waals surface area contributed by atoms with Gasteiger partial charge in [0.2, 0.25) is 0 Å². The summed E-state index contributed by atoms with van der Waals surface area (Å²) >= 11 is 0. The average Bonchev–Trinajstić information content (AvgIpc) is 2.80. The van der Waals surface area contributed by atoms with Crippen molar-refractivity contribution in [3.8, 4) is 5.75 Å². The zero-order chi connectivity index (χ0) is 17.9. The molecule has 24 heavy (non-hydrogen) atoms. The minimum absolute atomic E-state index is 0.0947. The van der Waals surface area contributed by atoms with E-state index in [1.54, 1.807) is 13.8 Å². The van der Waals surface area contributed by atoms with Crippen LogP contribution < -0.4 is 10.1 Å². The summed E-state index contributed by atoms with van der Waals surface area (Å²) in [6.45, 7) is 4.59. The van der Waals surface area contributed by atoms with Crippen LogP contribution in [0.25, 0.3) is 0 Å². The molecule has 7 nitrogen and oxygen atoms in total. The van der Waals surface area contributed by atoms with E-state index >= 15 is 0 Å². The lowest BCUT2D eigenvalue weighted by Gasteiger charge is -2.22. The van der Waals surface area contributed by atoms with Gasteiger partial charge >= 0.3 is 12.0 Å². The molecule has 128 valence electrons. The topological polar surface area (TPSA) is 92.8 Å². The molecule has 0 spiro atoms. The van der Waals surface area contributed by atoms with Gasteiger partial charge in [0.05, 0.1) is 0 Å². The standard InChI is InChI=1S/C17H20N2O5/c1-4-17(5-2)15(22)19(16(23)18-17)10-14(21)24-13-8-6-12(7-9-13)11(3)20/h6-9H,4-5,10H2,1-3H3,(H,18,23). The van der Waals surface area contributed by atoms with Crippen molar-refractivity contribution in [1.29, 1.82) is 0 Å². The van der Waals surface area contributed by atoms with Crippen molar-refractivity contribution in [2.75, 3.05) is 6.54 Å². The quantitative estimate of drug-likeness (QED) is 0.372. The van der Waals surface area contributed by atoms with E-state index in [9.17, 15) is 19.2 Å². The number of hydrogen-bond acceptors (Lipinski definition) is 5. The first-order chi connectivity index (χ1) is 11.3. The Bertz CT molecular complexity index is 677. The molecular formula is C17H20N2O5. The highest BCUT2D eigenvalue weighted by atomic mass is 16.5. The fourth-order valence-corrected chi connectivity index (χ4v) is 2.60. The highest BCUT2D eigenvalue weighted by molar-refractivity contribution is 6.08. The SMILES string of the molecule is CCC1(CC)NC(=O)N(CC(=O)Oc2ccc(C(C)=O)cc2)C1=O. The summed E-state index contributed by atoms with van der Waals surface area (Å²) in [5.41, 5.74) is -0.444. The van der Waals surface area contributed by atoms with Crippen LogP contribution in [0, 0.1) is 0 Å². The van der Waals surface area contributed by atoms with Crippen molar-refractivity contribution in [3.63, 3.8) is 0 Å². The fraction of sp³-hybridized carbons (Fsp3) is 0.412. The number of carbonyl (C=O) groups excluding carboxylic acids is 4. The summed E-state index contributed by atoms with van der Waals surface area (Å²) in [4.78, 5) is 48.5. The molecule has 1 aromatic rings. The van der Waals surface area contributed by atoms with E-state index < -0.39 is 30.0 Å². The number of nitrogens with zero attached hydrogens (tertiary/aromatic N) is 1. The van der Waals surface area contributed by atoms with E-state index in [1.807, 2.05) is 0 Å². The summed E-state index contributed by atoms with van der Waals surface area (Å²) in [6.07, 6.45) is 0.901. The van der Waals surface area contributed by atoms with Crippen molar-refractivity contribution < 1.29 is 23.9 Å². The Morgan fingerprint density at radius 3 is 2.17 bits per heavy atom. The molecule has 0 bridgehead atoms. The number of imide groups is 1. The van der Waals surface area contributed by atoms with Crippen LogP contribution in [0.15, 0.2) is 24.3 Å². The first-order valence-corrected chi connectivity index (χ1v) is 7.78. The highest BCUT2D eigenvalue weighted by Crippen LogP contribution is 2.24. The zero-order valence-corrected chi connectivity index (χ0v) is 13.9. The number of rotatable bonds is 6. The lowest BCUT2D eigenvalue weighted by Crippen LogP contribution is -2.46. The van der Waals surface area contributed by atoms with Gasteiger partial charge < -0.3 is 10.1 Å². The molecule has 0 aromatic heterocycles. The summed E-state index contributed by atoms with van der Waals surface area (Å²) < 4.78 is 5.12. The van der Waals surface area contributed by atoms with Crippen LogP contribution in [0.3, 0.4) is 0 Å². The van der Waals surface area contributed by atoms with Crippen molar-refractivity contribution in [2.45, 2.75) is 39.2 Å². The number of hydrogen-bond donors (Lipinski definition) is 1. The normalized spacial score (nSPS) is 16.0. The molecule has 0 unspecified atom stereocenters. The first kappa shape index (κ1) is 17.7. The van der Waals surface area contributed by atoms with Gasteiger partial charge in [0, 0.05) is 5.56 Å². The lowest BCUT2D eigenvalue weighted by atomic mass is 9.93. The number of ether oxygens (including phenoxy) is 1. The monoisotopic (exact) mass is 332 g/mol. The Balaban J connectivity index is 2.03. The molecule has 3 amide bonds. The molecule has 1 saturated heterocycles. The summed E-state index contributed by atoms with van der Waals surface area (Å²) in [6, 6.07) is 5.47. The molecule has 0 radical (unpaired) electrons. The maximum absolute atomic E-state index is 12.4. The predicted octanol–water partition coefficient (Wildman–Crippen LogP) is 1.91. The molecule has 1 heterocycles. The van der Waals surface area contributed by atoms with Gasteiger partial charge in [0.1, 0.15) is 17.8 Å². The number of nitrogens with one attached hydrogen (secondary N) is 1. The molecule has 1 N–H and O–H groups in total. The van der Waals surface area contributed by atoms with Gasteiger partial charge in [-0.15, -0.1) is 0 Å². The maximum atomic E-state index is 12.4. The fourth-order valence-electron chi connectivity index (χ4n) is 2.60. The lowest BCUT2D eigenvalue weighted by molar-refractivity contribution is -0.141. The Morgan fingerprint density at radius 1 is 1.12 bits per heavy atom. The van der Waals surface area contributed by atoms with Crippen LogP contribution >= 0.6 is 0 Å². The Hall–Kier alpha value is -2.70. The van der Waals surface area contributed by atoms with Crippen LogP contribution in [-0.4, -0.2) is 40.7 Å². The summed E-state index contributed by atoms with van der Waals surface area (Å²) in [5, 5.41) is 2.65. The summed E-state index contributed by atoms with van der Waals surface area (Å²) in [5.74, 6) is -0.990. The third-order valence-electron chi connectivity index (χ3n) is 4.23. The van der Waals surface area contributed by atoms with Crippen LogP contribution in [-0.2, 0) is 9.59 Å². The van der Waals surface area contributed by atoms with E-state index in [1.165, 1.54) is 31.2 Å². The van der Waals surface area contributed by atoms with Gasteiger partial charge in [-0.1, -0.05) is 13.8 Å². The molecule has 1 aliphatic rings. The molecule has 0 saturated carbocycles. The Kier molecular flexibility index (Phi) is 5.02. The maximum Gasteiger partial charge on any atom is 0.331 e. The molecular weight excluding hydrogens is 312 g/mol. The number of Topliss-reactive ketones (excluding diaryl/α,β-unsaturated/α-hetero) is 1. The van der Waals surface area contributed by atoms with Crippen molar-refractivity contribution in [2.24, 2.45) is 0 Å². The van der Waals surface area contributed by atoms with Crippen LogP contribution in [0.5, 0.6) is 5.75 Å². The number of benzene rings is 1. The molecule has 2 rings (SSSR count). The minimum Gasteiger partial charge on any atom is -0.425 e. The summed E-state index contributed by atoms with van der Waals surface area (Å²) in [7, 11) is 0. The highest BCUT2D eigenvalue weighted by Gasteiger charge is 2.49. The van der Waals surface area contributed by atoms with E-state index in [4.69, 9.17) is 4.74 Å². The first-order valence-electron chi connectivity index (χ1n) is 7.78. The van der Waals surface area contributed by atoms with Crippen molar-refractivity contribution in [1.82, 2.24) is 10.2 Å². The number of amides is 3. The third kappa shape index (κ3) is 3.29. The van der Waals surface area contributed by atoms with E-state index in [2.05, 4.69) is 5.32 Å². The van der Waals surface area contributed by atoms with Gasteiger partial charge in [-0.3, -0.25) is 14.5 Å². The van der Waals surface area contributed by atoms with Gasteiger partial charge in [-0.05, 0) is 44.0 Å². The third-order valence-corrected chi connectivity index (χ3v) is 4.23. The second-order valence-electron chi connectivity index (χ2n) is 5.67. The van der Waals surface area contributed by atoms with Crippen molar-refractivity contribution >= 4 is 23.7 Å². The van der Waals surface area contributed by atoms with Crippen LogP contribution in [0.2, 0.25) is 0 Å². The number of esters is 1. The molecule has 7 heteroatoms. The Labute approximate surface area is 140 Å². The zero-order valence-electron chi connectivity index (χ0n) is 13.9. The second-order valence-corrected chi connectivity index (χ2v) is 5.67. The van der Waals surface area contributed by atoms with Gasteiger partial charge in [-0.25, -0.2) is 9.59 Å². The smallest absolute Gasteiger partial charge is 0.331 e. The van der Waals surface area contributed by atoms with E-state index in [0.29, 0.717) is 18.4 Å². The Morgan fingerprint density at radius 2 is 1.71 bits per heavy atom. The molecule has 1 aromatic carbocycles. The molecule has 1 aliphatic heterocycles.